The number of nitrogens with two attached hydrogens (primary N) is 1. The molecule has 23 heavy (non-hydrogen) atoms. The maximum absolute atomic E-state index is 13.2. The lowest BCUT2D eigenvalue weighted by Crippen LogP contribution is -2.37. The molecule has 2 aromatic rings. The first-order chi connectivity index (χ1) is 10.7. The quantitative estimate of drug-likeness (QED) is 0.863. The number of nitrogens with one attached hydrogen (secondary N) is 1. The molecular formula is C16H19ClFN3OS. The molecule has 1 amide bonds. The number of nitrogens with zero attached hydrogens (tertiary/aromatic N) is 1. The molecule has 124 valence electrons. The Morgan fingerprint density at radius 1 is 1.48 bits per heavy atom. The molecule has 0 bridgehead atoms. The molecule has 0 aliphatic heterocycles. The van der Waals surface area contributed by atoms with Gasteiger partial charge in [0.1, 0.15) is 16.5 Å². The first kappa shape index (κ1) is 17.8. The van der Waals surface area contributed by atoms with E-state index in [4.69, 9.17) is 17.3 Å². The van der Waals surface area contributed by atoms with Gasteiger partial charge in [0.2, 0.25) is 0 Å². The number of benzene rings is 1. The molecule has 0 spiro atoms. The minimum atomic E-state index is -0.443. The van der Waals surface area contributed by atoms with Gasteiger partial charge in [0.05, 0.1) is 0 Å². The van der Waals surface area contributed by atoms with Gasteiger partial charge in [0.15, 0.2) is 0 Å². The van der Waals surface area contributed by atoms with Gasteiger partial charge in [-0.3, -0.25) is 4.79 Å². The molecular weight excluding hydrogens is 337 g/mol. The Morgan fingerprint density at radius 2 is 2.17 bits per heavy atom. The van der Waals surface area contributed by atoms with Crippen LogP contribution in [-0.4, -0.2) is 17.4 Å². The molecule has 1 aromatic carbocycles. The van der Waals surface area contributed by atoms with Crippen molar-refractivity contribution in [3.8, 4) is 0 Å². The van der Waals surface area contributed by atoms with Crippen LogP contribution in [0.15, 0.2) is 18.2 Å². The van der Waals surface area contributed by atoms with E-state index in [2.05, 4.69) is 10.3 Å². The fraction of sp³-hybridized carbons (Fsp3) is 0.375. The fourth-order valence-corrected chi connectivity index (χ4v) is 3.50. The first-order valence-corrected chi connectivity index (χ1v) is 8.34. The van der Waals surface area contributed by atoms with Crippen LogP contribution in [0.5, 0.6) is 0 Å². The average molecular weight is 356 g/mol. The molecule has 0 fully saturated rings. The minimum absolute atomic E-state index is 0.246. The summed E-state index contributed by atoms with van der Waals surface area (Å²) >= 11 is 7.53. The molecule has 1 heterocycles. The van der Waals surface area contributed by atoms with Crippen molar-refractivity contribution in [3.63, 3.8) is 0 Å². The fourth-order valence-electron chi connectivity index (χ4n) is 2.27. The predicted molar refractivity (Wildman–Crippen MR) is 91.5 cm³/mol. The van der Waals surface area contributed by atoms with Crippen LogP contribution in [0.3, 0.4) is 0 Å². The predicted octanol–water partition coefficient (Wildman–Crippen LogP) is 3.41. The smallest absolute Gasteiger partial charge is 0.271 e. The molecule has 1 aromatic heterocycles. The van der Waals surface area contributed by atoms with Crippen molar-refractivity contribution in [2.24, 2.45) is 5.73 Å². The van der Waals surface area contributed by atoms with Gasteiger partial charge >= 0.3 is 0 Å². The van der Waals surface area contributed by atoms with E-state index in [1.165, 1.54) is 23.5 Å². The van der Waals surface area contributed by atoms with Crippen LogP contribution in [0.25, 0.3) is 0 Å². The number of aromatic nitrogens is 1. The van der Waals surface area contributed by atoms with Gasteiger partial charge < -0.3 is 11.1 Å². The molecule has 4 nitrogen and oxygen atoms in total. The number of carbonyl (C=O) groups is 1. The second-order valence-corrected chi connectivity index (χ2v) is 7.60. The van der Waals surface area contributed by atoms with Gasteiger partial charge in [-0.25, -0.2) is 9.37 Å². The maximum atomic E-state index is 13.2. The summed E-state index contributed by atoms with van der Waals surface area (Å²) in [5.74, 6) is -0.629. The van der Waals surface area contributed by atoms with E-state index in [1.807, 2.05) is 20.8 Å². The highest BCUT2D eigenvalue weighted by Crippen LogP contribution is 2.30. The number of aryl methyl sites for hydroxylation is 1. The van der Waals surface area contributed by atoms with Crippen molar-refractivity contribution >= 4 is 28.8 Å². The minimum Gasteiger partial charge on any atom is -0.350 e. The summed E-state index contributed by atoms with van der Waals surface area (Å²) in [6.45, 7) is 6.38. The number of hydrogen-bond acceptors (Lipinski definition) is 4. The molecule has 3 N–H and O–H groups in total. The van der Waals surface area contributed by atoms with E-state index in [0.717, 1.165) is 15.4 Å². The maximum Gasteiger partial charge on any atom is 0.271 e. The number of hydrogen-bond donors (Lipinski definition) is 2. The van der Waals surface area contributed by atoms with Crippen molar-refractivity contribution in [2.75, 3.05) is 6.54 Å². The lowest BCUT2D eigenvalue weighted by molar-refractivity contribution is 0.0940. The third kappa shape index (κ3) is 4.07. The van der Waals surface area contributed by atoms with Gasteiger partial charge in [-0.05, 0) is 24.6 Å². The molecule has 2 rings (SSSR count). The Hall–Kier alpha value is -1.50. The topological polar surface area (TPSA) is 68.0 Å². The van der Waals surface area contributed by atoms with Crippen LogP contribution in [0.4, 0.5) is 4.39 Å². The number of halogens is 2. The Balaban J connectivity index is 2.11. The molecule has 0 aliphatic carbocycles. The average Bonchev–Trinajstić information content (AvgIpc) is 2.85. The lowest BCUT2D eigenvalue weighted by Gasteiger charge is -2.26. The van der Waals surface area contributed by atoms with E-state index < -0.39 is 5.41 Å². The van der Waals surface area contributed by atoms with Crippen LogP contribution in [0, 0.1) is 12.7 Å². The van der Waals surface area contributed by atoms with Crippen molar-refractivity contribution in [3.05, 3.63) is 50.2 Å². The summed E-state index contributed by atoms with van der Waals surface area (Å²) in [6, 6.07) is 4.28. The first-order valence-electron chi connectivity index (χ1n) is 7.14. The van der Waals surface area contributed by atoms with Crippen LogP contribution in [-0.2, 0) is 12.0 Å². The zero-order chi connectivity index (χ0) is 17.2. The van der Waals surface area contributed by atoms with E-state index in [-0.39, 0.29) is 11.7 Å². The molecule has 0 saturated carbocycles. The number of carbonyl (C=O) groups excluding carboxylic acids is 1. The van der Waals surface area contributed by atoms with Crippen LogP contribution in [0.1, 0.15) is 39.8 Å². The van der Waals surface area contributed by atoms with Crippen LogP contribution in [0.2, 0.25) is 5.02 Å². The van der Waals surface area contributed by atoms with Gasteiger partial charge in [-0.15, -0.1) is 11.3 Å². The second kappa shape index (κ2) is 6.95. The summed E-state index contributed by atoms with van der Waals surface area (Å²) in [4.78, 5) is 17.4. The van der Waals surface area contributed by atoms with Crippen LogP contribution < -0.4 is 11.1 Å². The van der Waals surface area contributed by atoms with E-state index in [9.17, 15) is 9.18 Å². The monoisotopic (exact) mass is 355 g/mol. The summed E-state index contributed by atoms with van der Waals surface area (Å²) < 4.78 is 13.2. The van der Waals surface area contributed by atoms with Crippen molar-refractivity contribution in [2.45, 2.75) is 32.7 Å². The molecule has 0 atom stereocenters. The van der Waals surface area contributed by atoms with E-state index >= 15 is 0 Å². The van der Waals surface area contributed by atoms with E-state index in [1.54, 1.807) is 6.07 Å². The SMILES string of the molecule is Cc1sc(CN)nc1C(=O)NCC(C)(C)c1ccc(F)cc1Cl. The summed E-state index contributed by atoms with van der Waals surface area (Å²) in [5.41, 5.74) is 6.28. The highest BCUT2D eigenvalue weighted by Gasteiger charge is 2.25. The lowest BCUT2D eigenvalue weighted by atomic mass is 9.84. The van der Waals surface area contributed by atoms with Gasteiger partial charge in [-0.1, -0.05) is 31.5 Å². The zero-order valence-electron chi connectivity index (χ0n) is 13.2. The Morgan fingerprint density at radius 3 is 2.74 bits per heavy atom. The highest BCUT2D eigenvalue weighted by atomic mass is 35.5. The summed E-state index contributed by atoms with van der Waals surface area (Å²) in [7, 11) is 0. The Bertz CT molecular complexity index is 730. The van der Waals surface area contributed by atoms with Crippen molar-refractivity contribution < 1.29 is 9.18 Å². The van der Waals surface area contributed by atoms with Gasteiger partial charge in [0.25, 0.3) is 5.91 Å². The molecule has 0 saturated heterocycles. The number of amides is 1. The van der Waals surface area contributed by atoms with E-state index in [0.29, 0.717) is 23.8 Å². The highest BCUT2D eigenvalue weighted by molar-refractivity contribution is 7.11. The van der Waals surface area contributed by atoms with Gasteiger partial charge in [-0.2, -0.15) is 0 Å². The molecule has 0 aliphatic rings. The molecule has 0 unspecified atom stereocenters. The van der Waals surface area contributed by atoms with Gasteiger partial charge in [0, 0.05) is 28.4 Å². The standard InChI is InChI=1S/C16H19ClFN3OS/c1-9-14(21-13(7-19)23-9)15(22)20-8-16(2,3)11-5-4-10(18)6-12(11)17/h4-6H,7-8,19H2,1-3H3,(H,20,22). The third-order valence-corrected chi connectivity index (χ3v) is 4.89. The molecule has 0 radical (unpaired) electrons. The zero-order valence-corrected chi connectivity index (χ0v) is 14.8. The Labute approximate surface area is 143 Å². The van der Waals surface area contributed by atoms with Crippen molar-refractivity contribution in [1.29, 1.82) is 0 Å². The molecule has 7 heteroatoms. The van der Waals surface area contributed by atoms with Crippen molar-refractivity contribution in [1.82, 2.24) is 10.3 Å². The normalized spacial score (nSPS) is 11.6. The summed E-state index contributed by atoms with van der Waals surface area (Å²) in [5, 5.41) is 3.95. The second-order valence-electron chi connectivity index (χ2n) is 5.91. The van der Waals surface area contributed by atoms with Crippen LogP contribution >= 0.6 is 22.9 Å². The number of thiazole rings is 1. The number of rotatable bonds is 5. The third-order valence-electron chi connectivity index (χ3n) is 3.58. The summed E-state index contributed by atoms with van der Waals surface area (Å²) in [6.07, 6.45) is 0. The largest absolute Gasteiger partial charge is 0.350 e. The Kier molecular flexibility index (Phi) is 5.39.